The fourth-order valence-corrected chi connectivity index (χ4v) is 0.641. The molecule has 0 unspecified atom stereocenters. The maximum Gasteiger partial charge on any atom is 0.586 e. The van der Waals surface area contributed by atoms with Crippen molar-refractivity contribution in [3.63, 3.8) is 0 Å². The second-order valence-corrected chi connectivity index (χ2v) is 1.81. The van der Waals surface area contributed by atoms with E-state index in [1.807, 2.05) is 18.2 Å². The lowest BCUT2D eigenvalue weighted by Gasteiger charge is -1.99. The number of rotatable bonds is 3. The van der Waals surface area contributed by atoms with E-state index in [2.05, 4.69) is 4.65 Å². The summed E-state index contributed by atoms with van der Waals surface area (Å²) in [5.74, 6) is 0.697. The molecule has 54 valence electrons. The van der Waals surface area contributed by atoms with E-state index in [0.717, 1.165) is 0 Å². The summed E-state index contributed by atoms with van der Waals surface area (Å²) in [7, 11) is -0.0273. The molecule has 0 aliphatic carbocycles. The van der Waals surface area contributed by atoms with Crippen LogP contribution in [0, 0.1) is 11.5 Å². The average molecular weight is 147 g/mol. The van der Waals surface area contributed by atoms with E-state index in [-0.39, 0.29) is 7.69 Å². The van der Waals surface area contributed by atoms with E-state index in [9.17, 15) is 0 Å². The predicted octanol–water partition coefficient (Wildman–Crippen LogP) is 0.830. The van der Waals surface area contributed by atoms with E-state index < -0.39 is 0 Å². The monoisotopic (exact) mass is 147 g/mol. The summed E-state index contributed by atoms with van der Waals surface area (Å²) in [6.07, 6.45) is 1.51. The minimum atomic E-state index is -0.0273. The van der Waals surface area contributed by atoms with Gasteiger partial charge in [0.25, 0.3) is 6.26 Å². The Labute approximate surface area is 65.5 Å². The summed E-state index contributed by atoms with van der Waals surface area (Å²) in [5, 5.41) is 7.99. The number of nitriles is 1. The third kappa shape index (κ3) is 2.63. The van der Waals surface area contributed by atoms with Crippen LogP contribution in [0.1, 0.15) is 0 Å². The molecule has 3 nitrogen and oxygen atoms in total. The molecule has 1 aromatic carbocycles. The van der Waals surface area contributed by atoms with Crippen molar-refractivity contribution in [1.29, 1.82) is 5.26 Å². The Balaban J connectivity index is 2.35. The van der Waals surface area contributed by atoms with E-state index >= 15 is 0 Å². The molecule has 0 radical (unpaired) electrons. The van der Waals surface area contributed by atoms with Crippen LogP contribution in [-0.2, 0) is 4.65 Å². The van der Waals surface area contributed by atoms with Gasteiger partial charge >= 0.3 is 7.69 Å². The second kappa shape index (κ2) is 4.23. The minimum absolute atomic E-state index is 0.0273. The Morgan fingerprint density at radius 2 is 2.00 bits per heavy atom. The van der Waals surface area contributed by atoms with Crippen molar-refractivity contribution in [3.05, 3.63) is 30.3 Å². The molecule has 0 aliphatic rings. The number of benzene rings is 1. The molecule has 0 amide bonds. The van der Waals surface area contributed by atoms with Crippen LogP contribution in [0.3, 0.4) is 0 Å². The predicted molar refractivity (Wildman–Crippen MR) is 40.9 cm³/mol. The van der Waals surface area contributed by atoms with Crippen LogP contribution in [-0.4, -0.2) is 7.69 Å². The zero-order valence-corrected chi connectivity index (χ0v) is 5.86. The Bertz CT molecular complexity index is 244. The highest BCUT2D eigenvalue weighted by atomic mass is 16.6. The summed E-state index contributed by atoms with van der Waals surface area (Å²) in [6.45, 7) is 0. The van der Waals surface area contributed by atoms with Crippen LogP contribution in [0.2, 0.25) is 0 Å². The molecular weight excluding hydrogens is 141 g/mol. The largest absolute Gasteiger partial charge is 0.586 e. The first-order chi connectivity index (χ1) is 5.43. The smallest absolute Gasteiger partial charge is 0.528 e. The molecule has 1 aromatic rings. The van der Waals surface area contributed by atoms with Gasteiger partial charge in [0.15, 0.2) is 0 Å². The first kappa shape index (κ1) is 7.48. The average Bonchev–Trinajstić information content (AvgIpc) is 2.07. The zero-order valence-electron chi connectivity index (χ0n) is 5.86. The maximum absolute atomic E-state index is 7.99. The number of para-hydroxylation sites is 1. The molecule has 11 heavy (non-hydrogen) atoms. The van der Waals surface area contributed by atoms with Gasteiger partial charge in [-0.15, -0.1) is 0 Å². The van der Waals surface area contributed by atoms with Crippen LogP contribution in [0.4, 0.5) is 0 Å². The molecule has 0 fully saturated rings. The van der Waals surface area contributed by atoms with Crippen LogP contribution in [0.5, 0.6) is 5.75 Å². The molecule has 0 saturated heterocycles. The van der Waals surface area contributed by atoms with Crippen molar-refractivity contribution in [2.24, 2.45) is 0 Å². The quantitative estimate of drug-likeness (QED) is 0.361. The molecule has 0 aromatic heterocycles. The van der Waals surface area contributed by atoms with Gasteiger partial charge in [0.1, 0.15) is 5.75 Å². The molecule has 0 saturated carbocycles. The van der Waals surface area contributed by atoms with Gasteiger partial charge in [0.05, 0.1) is 0 Å². The van der Waals surface area contributed by atoms with Gasteiger partial charge in [-0.2, -0.15) is 5.26 Å². The summed E-state index contributed by atoms with van der Waals surface area (Å²) in [5.41, 5.74) is 0. The van der Waals surface area contributed by atoms with Crippen molar-refractivity contribution in [2.75, 3.05) is 0 Å². The molecule has 0 N–H and O–H groups in total. The normalized spacial score (nSPS) is 7.91. The third-order valence-electron chi connectivity index (χ3n) is 1.09. The van der Waals surface area contributed by atoms with Crippen LogP contribution in [0.15, 0.2) is 30.3 Å². The van der Waals surface area contributed by atoms with E-state index in [1.165, 1.54) is 6.26 Å². The summed E-state index contributed by atoms with van der Waals surface area (Å²) in [4.78, 5) is 0. The van der Waals surface area contributed by atoms with Gasteiger partial charge in [-0.1, -0.05) is 18.2 Å². The van der Waals surface area contributed by atoms with Gasteiger partial charge in [0.2, 0.25) is 0 Å². The van der Waals surface area contributed by atoms with Crippen LogP contribution < -0.4 is 4.65 Å². The highest BCUT2D eigenvalue weighted by Gasteiger charge is 1.93. The fourth-order valence-electron chi connectivity index (χ4n) is 0.641. The molecule has 0 spiro atoms. The Kier molecular flexibility index (Phi) is 2.88. The van der Waals surface area contributed by atoms with E-state index in [0.29, 0.717) is 5.75 Å². The van der Waals surface area contributed by atoms with Crippen molar-refractivity contribution >= 4 is 7.69 Å². The zero-order chi connectivity index (χ0) is 7.94. The lowest BCUT2D eigenvalue weighted by Crippen LogP contribution is -2.03. The third-order valence-corrected chi connectivity index (χ3v) is 1.09. The standard InChI is InChI=1S/C7H6BNO2/c9-6-10-8-11-7-4-2-1-3-5-7/h1-5,8H. The van der Waals surface area contributed by atoms with Crippen LogP contribution in [0.25, 0.3) is 0 Å². The lowest BCUT2D eigenvalue weighted by molar-refractivity contribution is 0.429. The van der Waals surface area contributed by atoms with Gasteiger partial charge in [-0.3, -0.25) is 0 Å². The Morgan fingerprint density at radius 3 is 2.64 bits per heavy atom. The first-order valence-electron chi connectivity index (χ1n) is 3.12. The Morgan fingerprint density at radius 1 is 1.27 bits per heavy atom. The first-order valence-corrected chi connectivity index (χ1v) is 3.12. The molecule has 1 rings (SSSR count). The fraction of sp³-hybridized carbons (Fsp3) is 0. The molecule has 4 heteroatoms. The van der Waals surface area contributed by atoms with Gasteiger partial charge in [0, 0.05) is 0 Å². The summed E-state index contributed by atoms with van der Waals surface area (Å²) in [6, 6.07) is 9.17. The number of nitrogens with zero attached hydrogens (tertiary/aromatic N) is 1. The van der Waals surface area contributed by atoms with Gasteiger partial charge in [-0.05, 0) is 12.1 Å². The summed E-state index contributed by atoms with van der Waals surface area (Å²) < 4.78 is 9.32. The van der Waals surface area contributed by atoms with Gasteiger partial charge < -0.3 is 9.31 Å². The van der Waals surface area contributed by atoms with E-state index in [1.54, 1.807) is 12.1 Å². The van der Waals surface area contributed by atoms with Crippen molar-refractivity contribution in [1.82, 2.24) is 0 Å². The van der Waals surface area contributed by atoms with Gasteiger partial charge in [-0.25, -0.2) is 0 Å². The molecular formula is C7H6BNO2. The van der Waals surface area contributed by atoms with Crippen molar-refractivity contribution in [3.8, 4) is 12.0 Å². The van der Waals surface area contributed by atoms with Crippen molar-refractivity contribution in [2.45, 2.75) is 0 Å². The van der Waals surface area contributed by atoms with E-state index in [4.69, 9.17) is 9.92 Å². The Hall–Kier alpha value is -1.63. The van der Waals surface area contributed by atoms with Crippen molar-refractivity contribution < 1.29 is 9.31 Å². The molecule has 0 atom stereocenters. The highest BCUT2D eigenvalue weighted by molar-refractivity contribution is 6.19. The maximum atomic E-state index is 7.99. The number of hydrogen-bond acceptors (Lipinski definition) is 3. The molecule has 0 bridgehead atoms. The second-order valence-electron chi connectivity index (χ2n) is 1.81. The topological polar surface area (TPSA) is 42.2 Å². The molecule has 0 heterocycles. The highest BCUT2D eigenvalue weighted by Crippen LogP contribution is 2.06. The minimum Gasteiger partial charge on any atom is -0.528 e. The van der Waals surface area contributed by atoms with Crippen LogP contribution >= 0.6 is 0 Å². The SMILES string of the molecule is N#COBOc1ccccc1. The molecule has 0 aliphatic heterocycles. The number of hydrogen-bond donors (Lipinski definition) is 0. The summed E-state index contributed by atoms with van der Waals surface area (Å²) >= 11 is 0. The lowest BCUT2D eigenvalue weighted by atomic mass is 10.3.